The highest BCUT2D eigenvalue weighted by Gasteiger charge is 2.42. The fourth-order valence-electron chi connectivity index (χ4n) is 5.01. The minimum absolute atomic E-state index is 0.0257. The van der Waals surface area contributed by atoms with E-state index in [1.807, 2.05) is 0 Å². The Morgan fingerprint density at radius 2 is 1.34 bits per heavy atom. The fraction of sp³-hybridized carbons (Fsp3) is 0.857. The number of likely N-dealkylation sites (N-methyl/N-ethyl adjacent to an activating group) is 1. The van der Waals surface area contributed by atoms with E-state index in [2.05, 4.69) is 0 Å². The van der Waals surface area contributed by atoms with E-state index < -0.39 is 17.2 Å². The van der Waals surface area contributed by atoms with Crippen LogP contribution >= 0.6 is 0 Å². The molecule has 29 heavy (non-hydrogen) atoms. The molecule has 3 fully saturated rings. The molecular weight excluding hydrogens is 374 g/mol. The van der Waals surface area contributed by atoms with Crippen LogP contribution in [0.2, 0.25) is 0 Å². The lowest BCUT2D eigenvalue weighted by molar-refractivity contribution is -0.155. The van der Waals surface area contributed by atoms with Crippen molar-refractivity contribution in [2.24, 2.45) is 0 Å². The molecule has 164 valence electrons. The van der Waals surface area contributed by atoms with Gasteiger partial charge in [0.1, 0.15) is 6.04 Å². The predicted molar refractivity (Wildman–Crippen MR) is 107 cm³/mol. The number of aliphatic hydroxyl groups is 2. The van der Waals surface area contributed by atoms with Crippen molar-refractivity contribution in [2.75, 3.05) is 33.7 Å². The van der Waals surface area contributed by atoms with Gasteiger partial charge in [-0.05, 0) is 25.7 Å². The summed E-state index contributed by atoms with van der Waals surface area (Å²) in [5.41, 5.74) is -1.90. The Labute approximate surface area is 172 Å². The predicted octanol–water partition coefficient (Wildman–Crippen LogP) is 0.504. The number of carbonyl (C=O) groups excluding carboxylic acids is 3. The Hall–Kier alpha value is -1.67. The molecule has 0 radical (unpaired) electrons. The molecule has 0 spiro atoms. The van der Waals surface area contributed by atoms with Crippen LogP contribution < -0.4 is 0 Å². The smallest absolute Gasteiger partial charge is 0.246 e. The number of rotatable bonds is 5. The molecule has 0 bridgehead atoms. The largest absolute Gasteiger partial charge is 0.389 e. The van der Waals surface area contributed by atoms with E-state index >= 15 is 0 Å². The maximum Gasteiger partial charge on any atom is 0.246 e. The minimum atomic E-state index is -0.971. The zero-order chi connectivity index (χ0) is 21.2. The van der Waals surface area contributed by atoms with Crippen LogP contribution in [0.3, 0.4) is 0 Å². The number of piperazine rings is 1. The molecule has 1 atom stereocenters. The molecule has 1 heterocycles. The molecule has 1 unspecified atom stereocenters. The highest BCUT2D eigenvalue weighted by molar-refractivity contribution is 5.89. The van der Waals surface area contributed by atoms with Crippen LogP contribution in [0.15, 0.2) is 0 Å². The summed E-state index contributed by atoms with van der Waals surface area (Å²) in [7, 11) is 3.27. The molecule has 8 nitrogen and oxygen atoms in total. The number of hydrogen-bond donors (Lipinski definition) is 2. The van der Waals surface area contributed by atoms with E-state index in [4.69, 9.17) is 0 Å². The van der Waals surface area contributed by atoms with E-state index in [0.717, 1.165) is 25.7 Å². The lowest BCUT2D eigenvalue weighted by Crippen LogP contribution is -2.62. The van der Waals surface area contributed by atoms with Crippen LogP contribution in [0.5, 0.6) is 0 Å². The van der Waals surface area contributed by atoms with Crippen molar-refractivity contribution in [3.05, 3.63) is 0 Å². The molecule has 3 amide bonds. The van der Waals surface area contributed by atoms with E-state index in [9.17, 15) is 24.6 Å². The summed E-state index contributed by atoms with van der Waals surface area (Å²) < 4.78 is 0. The van der Waals surface area contributed by atoms with Crippen molar-refractivity contribution in [3.63, 3.8) is 0 Å². The molecule has 3 aliphatic rings. The van der Waals surface area contributed by atoms with Gasteiger partial charge in [0.15, 0.2) is 0 Å². The van der Waals surface area contributed by atoms with Gasteiger partial charge in [0.2, 0.25) is 17.7 Å². The number of nitrogens with zero attached hydrogens (tertiary/aromatic N) is 3. The topological polar surface area (TPSA) is 101 Å². The molecule has 1 saturated heterocycles. The van der Waals surface area contributed by atoms with Crippen molar-refractivity contribution >= 4 is 17.7 Å². The SMILES string of the molecule is CN(C)C(=O)C1CN(C(=O)CC2(O)CCCC2)CCN1C(=O)CC1(O)CCCC1. The van der Waals surface area contributed by atoms with Crippen molar-refractivity contribution < 1.29 is 24.6 Å². The molecule has 2 N–H and O–H groups in total. The van der Waals surface area contributed by atoms with Crippen LogP contribution in [0.4, 0.5) is 0 Å². The van der Waals surface area contributed by atoms with Crippen LogP contribution in [0.1, 0.15) is 64.2 Å². The van der Waals surface area contributed by atoms with Gasteiger partial charge in [-0.25, -0.2) is 0 Å². The Kier molecular flexibility index (Phi) is 6.53. The first-order chi connectivity index (χ1) is 13.6. The Balaban J connectivity index is 1.68. The maximum atomic E-state index is 13.0. The van der Waals surface area contributed by atoms with Crippen LogP contribution in [0.25, 0.3) is 0 Å². The second-order valence-electron chi connectivity index (χ2n) is 9.39. The van der Waals surface area contributed by atoms with Gasteiger partial charge < -0.3 is 24.9 Å². The van der Waals surface area contributed by atoms with E-state index in [-0.39, 0.29) is 43.7 Å². The van der Waals surface area contributed by atoms with Gasteiger partial charge in [0.05, 0.1) is 30.6 Å². The summed E-state index contributed by atoms with van der Waals surface area (Å²) in [5.74, 6) is -0.613. The number of carbonyl (C=O) groups is 3. The van der Waals surface area contributed by atoms with Gasteiger partial charge in [-0.3, -0.25) is 14.4 Å². The zero-order valence-corrected chi connectivity index (χ0v) is 17.7. The van der Waals surface area contributed by atoms with Gasteiger partial charge in [-0.2, -0.15) is 0 Å². The van der Waals surface area contributed by atoms with Gasteiger partial charge in [-0.15, -0.1) is 0 Å². The van der Waals surface area contributed by atoms with Crippen molar-refractivity contribution in [2.45, 2.75) is 81.5 Å². The normalized spacial score (nSPS) is 25.9. The van der Waals surface area contributed by atoms with Gasteiger partial charge >= 0.3 is 0 Å². The summed E-state index contributed by atoms with van der Waals surface area (Å²) in [6.45, 7) is 0.746. The average molecular weight is 410 g/mol. The highest BCUT2D eigenvalue weighted by Crippen LogP contribution is 2.34. The summed E-state index contributed by atoms with van der Waals surface area (Å²) >= 11 is 0. The Morgan fingerprint density at radius 1 is 0.862 bits per heavy atom. The first-order valence-corrected chi connectivity index (χ1v) is 10.9. The quantitative estimate of drug-likeness (QED) is 0.689. The van der Waals surface area contributed by atoms with Gasteiger partial charge in [-0.1, -0.05) is 25.7 Å². The molecular formula is C21H35N3O5. The molecule has 0 aromatic carbocycles. The third-order valence-corrected chi connectivity index (χ3v) is 6.81. The molecule has 8 heteroatoms. The molecule has 3 rings (SSSR count). The van der Waals surface area contributed by atoms with Crippen LogP contribution in [-0.2, 0) is 14.4 Å². The molecule has 1 aliphatic heterocycles. The second kappa shape index (κ2) is 8.60. The molecule has 2 aliphatic carbocycles. The first kappa shape index (κ1) is 22.0. The highest BCUT2D eigenvalue weighted by atomic mass is 16.3. The maximum absolute atomic E-state index is 13.0. The monoisotopic (exact) mass is 409 g/mol. The lowest BCUT2D eigenvalue weighted by atomic mass is 9.95. The van der Waals surface area contributed by atoms with Crippen LogP contribution in [0, 0.1) is 0 Å². The van der Waals surface area contributed by atoms with Gasteiger partial charge in [0, 0.05) is 27.2 Å². The summed E-state index contributed by atoms with van der Waals surface area (Å²) in [5, 5.41) is 21.2. The van der Waals surface area contributed by atoms with Crippen molar-refractivity contribution in [1.82, 2.24) is 14.7 Å². The van der Waals surface area contributed by atoms with E-state index in [0.29, 0.717) is 32.2 Å². The standard InChI is InChI=1S/C21H35N3O5/c1-22(2)19(27)16-15-23(17(25)13-20(28)7-3-4-8-20)11-12-24(16)18(26)14-21(29)9-5-6-10-21/h16,28-29H,3-15H2,1-2H3. The van der Waals surface area contributed by atoms with Crippen molar-refractivity contribution in [3.8, 4) is 0 Å². The molecule has 0 aromatic rings. The van der Waals surface area contributed by atoms with E-state index in [1.165, 1.54) is 9.80 Å². The Bertz CT molecular complexity index is 638. The van der Waals surface area contributed by atoms with Gasteiger partial charge in [0.25, 0.3) is 0 Å². The molecule has 0 aromatic heterocycles. The van der Waals surface area contributed by atoms with Crippen LogP contribution in [-0.4, -0.2) is 93.6 Å². The third-order valence-electron chi connectivity index (χ3n) is 6.81. The second-order valence-corrected chi connectivity index (χ2v) is 9.39. The lowest BCUT2D eigenvalue weighted by Gasteiger charge is -2.42. The van der Waals surface area contributed by atoms with E-state index in [1.54, 1.807) is 19.0 Å². The van der Waals surface area contributed by atoms with Crippen molar-refractivity contribution in [1.29, 1.82) is 0 Å². The third kappa shape index (κ3) is 5.09. The fourth-order valence-corrected chi connectivity index (χ4v) is 5.01. The summed E-state index contributed by atoms with van der Waals surface area (Å²) in [6.07, 6.45) is 6.27. The minimum Gasteiger partial charge on any atom is -0.389 e. The number of amides is 3. The summed E-state index contributed by atoms with van der Waals surface area (Å²) in [4.78, 5) is 43.1. The zero-order valence-electron chi connectivity index (χ0n) is 17.7. The average Bonchev–Trinajstić information content (AvgIpc) is 3.28. The summed E-state index contributed by atoms with van der Waals surface area (Å²) in [6, 6.07) is -0.751. The number of hydrogen-bond acceptors (Lipinski definition) is 5. The molecule has 2 saturated carbocycles. The first-order valence-electron chi connectivity index (χ1n) is 10.9. The Morgan fingerprint density at radius 3 is 1.83 bits per heavy atom.